The Morgan fingerprint density at radius 1 is 1.16 bits per heavy atom. The molecule has 1 aliphatic heterocycles. The summed E-state index contributed by atoms with van der Waals surface area (Å²) in [4.78, 5) is 20.6. The lowest BCUT2D eigenvalue weighted by Gasteiger charge is -2.16. The largest absolute Gasteiger partial charge is 0.492 e. The van der Waals surface area contributed by atoms with Crippen molar-refractivity contribution in [2.75, 3.05) is 13.7 Å². The van der Waals surface area contributed by atoms with Crippen LogP contribution in [-0.2, 0) is 16.0 Å². The van der Waals surface area contributed by atoms with Gasteiger partial charge in [-0.05, 0) is 37.0 Å². The molecule has 0 bridgehead atoms. The SMILES string of the molecule is COC(=O)CC1COc2cc(O[C@@H]3CCc4c(-c5nccnc5C)cccc43)ccc21. The number of esters is 1. The van der Waals surface area contributed by atoms with Crippen LogP contribution in [0.15, 0.2) is 48.8 Å². The van der Waals surface area contributed by atoms with Gasteiger partial charge in [-0.3, -0.25) is 14.8 Å². The molecular weight excluding hydrogens is 392 g/mol. The van der Waals surface area contributed by atoms with E-state index >= 15 is 0 Å². The van der Waals surface area contributed by atoms with Crippen molar-refractivity contribution in [2.24, 2.45) is 0 Å². The first kappa shape index (κ1) is 19.5. The highest BCUT2D eigenvalue weighted by atomic mass is 16.5. The third kappa shape index (κ3) is 3.63. The number of hydrogen-bond donors (Lipinski definition) is 0. The van der Waals surface area contributed by atoms with Crippen LogP contribution in [0.3, 0.4) is 0 Å². The van der Waals surface area contributed by atoms with E-state index in [0.29, 0.717) is 13.0 Å². The highest BCUT2D eigenvalue weighted by Crippen LogP contribution is 2.42. The van der Waals surface area contributed by atoms with E-state index in [9.17, 15) is 4.79 Å². The van der Waals surface area contributed by atoms with Gasteiger partial charge in [-0.1, -0.05) is 24.3 Å². The maximum absolute atomic E-state index is 11.6. The number of nitrogens with zero attached hydrogens (tertiary/aromatic N) is 2. The van der Waals surface area contributed by atoms with Crippen molar-refractivity contribution < 1.29 is 19.0 Å². The summed E-state index contributed by atoms with van der Waals surface area (Å²) in [7, 11) is 1.41. The molecule has 0 spiro atoms. The molecule has 1 unspecified atom stereocenters. The molecule has 0 radical (unpaired) electrons. The Bertz CT molecular complexity index is 1140. The van der Waals surface area contributed by atoms with Crippen molar-refractivity contribution in [3.05, 3.63) is 71.2 Å². The van der Waals surface area contributed by atoms with Gasteiger partial charge in [0, 0.05) is 35.5 Å². The van der Waals surface area contributed by atoms with Gasteiger partial charge in [-0.15, -0.1) is 0 Å². The standard InChI is InChI=1S/C25H24N2O4/c1-15-25(27-11-10-26-15)21-5-3-4-20-19(21)8-9-22(20)31-17-6-7-18-16(12-24(28)29-2)14-30-23(18)13-17/h3-7,10-11,13,16,22H,8-9,12,14H2,1-2H3/t16?,22-/m1/s1. The Kier molecular flexibility index (Phi) is 5.06. The van der Waals surface area contributed by atoms with Crippen molar-refractivity contribution >= 4 is 5.97 Å². The van der Waals surface area contributed by atoms with E-state index in [1.807, 2.05) is 25.1 Å². The van der Waals surface area contributed by atoms with Crippen LogP contribution < -0.4 is 9.47 Å². The van der Waals surface area contributed by atoms with Crippen molar-refractivity contribution in [3.8, 4) is 22.8 Å². The monoisotopic (exact) mass is 416 g/mol. The van der Waals surface area contributed by atoms with Gasteiger partial charge in [0.25, 0.3) is 0 Å². The fourth-order valence-corrected chi connectivity index (χ4v) is 4.58. The molecule has 31 heavy (non-hydrogen) atoms. The third-order valence-corrected chi connectivity index (χ3v) is 6.14. The number of rotatable bonds is 5. The molecule has 2 aliphatic rings. The normalized spacial score (nSPS) is 18.8. The molecule has 158 valence electrons. The van der Waals surface area contributed by atoms with E-state index in [4.69, 9.17) is 14.2 Å². The summed E-state index contributed by atoms with van der Waals surface area (Å²) < 4.78 is 17.0. The second kappa shape index (κ2) is 8.02. The van der Waals surface area contributed by atoms with Gasteiger partial charge in [0.2, 0.25) is 0 Å². The maximum atomic E-state index is 11.6. The number of fused-ring (bicyclic) bond motifs is 2. The molecule has 3 aromatic rings. The first-order valence-electron chi connectivity index (χ1n) is 10.5. The van der Waals surface area contributed by atoms with E-state index in [2.05, 4.69) is 28.2 Å². The molecule has 0 fully saturated rings. The van der Waals surface area contributed by atoms with Crippen LogP contribution in [-0.4, -0.2) is 29.7 Å². The number of benzene rings is 2. The lowest BCUT2D eigenvalue weighted by Crippen LogP contribution is -2.09. The average molecular weight is 416 g/mol. The minimum Gasteiger partial charge on any atom is -0.492 e. The van der Waals surface area contributed by atoms with Gasteiger partial charge < -0.3 is 14.2 Å². The van der Waals surface area contributed by atoms with Crippen molar-refractivity contribution in [3.63, 3.8) is 0 Å². The maximum Gasteiger partial charge on any atom is 0.306 e. The van der Waals surface area contributed by atoms with E-state index < -0.39 is 0 Å². The zero-order valence-electron chi connectivity index (χ0n) is 17.6. The molecule has 2 atom stereocenters. The van der Waals surface area contributed by atoms with E-state index in [0.717, 1.165) is 46.9 Å². The Balaban J connectivity index is 1.38. The average Bonchev–Trinajstić information content (AvgIpc) is 3.38. The molecule has 1 aliphatic carbocycles. The van der Waals surface area contributed by atoms with Crippen LogP contribution in [0, 0.1) is 6.92 Å². The summed E-state index contributed by atoms with van der Waals surface area (Å²) in [5.41, 5.74) is 6.52. The summed E-state index contributed by atoms with van der Waals surface area (Å²) in [6.45, 7) is 2.48. The quantitative estimate of drug-likeness (QED) is 0.568. The van der Waals surface area contributed by atoms with Crippen molar-refractivity contribution in [2.45, 2.75) is 38.2 Å². The fraction of sp³-hybridized carbons (Fsp3) is 0.320. The van der Waals surface area contributed by atoms with Crippen molar-refractivity contribution in [1.82, 2.24) is 9.97 Å². The number of aromatic nitrogens is 2. The zero-order chi connectivity index (χ0) is 21.4. The second-order valence-corrected chi connectivity index (χ2v) is 8.00. The number of ether oxygens (including phenoxy) is 3. The smallest absolute Gasteiger partial charge is 0.306 e. The lowest BCUT2D eigenvalue weighted by atomic mass is 9.98. The van der Waals surface area contributed by atoms with Gasteiger partial charge in [0.05, 0.1) is 31.5 Å². The first-order valence-corrected chi connectivity index (χ1v) is 10.5. The number of hydrogen-bond acceptors (Lipinski definition) is 6. The Morgan fingerprint density at radius 3 is 2.87 bits per heavy atom. The third-order valence-electron chi connectivity index (χ3n) is 6.14. The number of carbonyl (C=O) groups excluding carboxylic acids is 1. The van der Waals surface area contributed by atoms with Gasteiger partial charge in [-0.2, -0.15) is 0 Å². The zero-order valence-corrected chi connectivity index (χ0v) is 17.6. The fourth-order valence-electron chi connectivity index (χ4n) is 4.58. The van der Waals surface area contributed by atoms with Crippen LogP contribution in [0.4, 0.5) is 0 Å². The molecular formula is C25H24N2O4. The summed E-state index contributed by atoms with van der Waals surface area (Å²) in [6, 6.07) is 12.2. The van der Waals surface area contributed by atoms with Crippen LogP contribution >= 0.6 is 0 Å². The molecule has 0 amide bonds. The van der Waals surface area contributed by atoms with Gasteiger partial charge in [0.1, 0.15) is 17.6 Å². The first-order chi connectivity index (χ1) is 15.1. The molecule has 1 aromatic heterocycles. The van der Waals surface area contributed by atoms with Gasteiger partial charge in [0.15, 0.2) is 0 Å². The van der Waals surface area contributed by atoms with Gasteiger partial charge in [-0.25, -0.2) is 0 Å². The Hall–Kier alpha value is -3.41. The molecule has 0 N–H and O–H groups in total. The summed E-state index contributed by atoms with van der Waals surface area (Å²) in [5, 5.41) is 0. The highest BCUT2D eigenvalue weighted by molar-refractivity contribution is 5.71. The van der Waals surface area contributed by atoms with Crippen LogP contribution in [0.5, 0.6) is 11.5 Å². The van der Waals surface area contributed by atoms with E-state index in [1.54, 1.807) is 12.4 Å². The summed E-state index contributed by atoms with van der Waals surface area (Å²) in [5.74, 6) is 1.37. The summed E-state index contributed by atoms with van der Waals surface area (Å²) in [6.07, 6.45) is 5.62. The molecule has 2 aromatic carbocycles. The minimum atomic E-state index is -0.224. The summed E-state index contributed by atoms with van der Waals surface area (Å²) >= 11 is 0. The molecule has 5 rings (SSSR count). The topological polar surface area (TPSA) is 70.5 Å². The number of methoxy groups -OCH3 is 1. The molecule has 6 nitrogen and oxygen atoms in total. The predicted molar refractivity (Wildman–Crippen MR) is 115 cm³/mol. The molecule has 2 heterocycles. The molecule has 6 heteroatoms. The van der Waals surface area contributed by atoms with Gasteiger partial charge >= 0.3 is 5.97 Å². The van der Waals surface area contributed by atoms with Crippen LogP contribution in [0.25, 0.3) is 11.3 Å². The highest BCUT2D eigenvalue weighted by Gasteiger charge is 2.30. The number of carbonyl (C=O) groups is 1. The van der Waals surface area contributed by atoms with Crippen LogP contribution in [0.2, 0.25) is 0 Å². The van der Waals surface area contributed by atoms with Crippen molar-refractivity contribution in [1.29, 1.82) is 0 Å². The number of aryl methyl sites for hydroxylation is 1. The Labute approximate surface area is 181 Å². The molecule has 0 saturated carbocycles. The predicted octanol–water partition coefficient (Wildman–Crippen LogP) is 4.56. The van der Waals surface area contributed by atoms with E-state index in [-0.39, 0.29) is 18.0 Å². The minimum absolute atomic E-state index is 0.0164. The van der Waals surface area contributed by atoms with Crippen LogP contribution in [0.1, 0.15) is 47.2 Å². The van der Waals surface area contributed by atoms with E-state index in [1.165, 1.54) is 18.2 Å². The second-order valence-electron chi connectivity index (χ2n) is 8.00. The Morgan fingerprint density at radius 2 is 2.03 bits per heavy atom. The molecule has 0 saturated heterocycles. The lowest BCUT2D eigenvalue weighted by molar-refractivity contribution is -0.141.